The van der Waals surface area contributed by atoms with Crippen molar-refractivity contribution in [1.82, 2.24) is 9.97 Å². The van der Waals surface area contributed by atoms with Gasteiger partial charge in [0, 0.05) is 12.7 Å². The molecule has 2 rings (SSSR count). The summed E-state index contributed by atoms with van der Waals surface area (Å²) >= 11 is 3.39. The maximum Gasteiger partial charge on any atom is 0.152 e. The monoisotopic (exact) mass is 308 g/mol. The van der Waals surface area contributed by atoms with Crippen molar-refractivity contribution in [3.05, 3.63) is 35.1 Å². The van der Waals surface area contributed by atoms with Crippen molar-refractivity contribution in [1.29, 1.82) is 0 Å². The first-order valence-corrected chi connectivity index (χ1v) is 6.06. The molecule has 18 heavy (non-hydrogen) atoms. The van der Waals surface area contributed by atoms with Crippen molar-refractivity contribution in [3.8, 4) is 5.75 Å². The van der Waals surface area contributed by atoms with E-state index in [2.05, 4.69) is 25.9 Å². The Morgan fingerprint density at radius 1 is 1.22 bits per heavy atom. The van der Waals surface area contributed by atoms with Crippen LogP contribution >= 0.6 is 15.9 Å². The molecule has 6 heteroatoms. The Balaban J connectivity index is 2.35. The number of aromatic nitrogens is 2. The fourth-order valence-corrected chi connectivity index (χ4v) is 2.01. The maximum atomic E-state index is 5.74. The van der Waals surface area contributed by atoms with E-state index >= 15 is 0 Å². The molecule has 0 amide bonds. The lowest BCUT2D eigenvalue weighted by Crippen LogP contribution is -2.13. The van der Waals surface area contributed by atoms with E-state index in [-0.39, 0.29) is 0 Å². The van der Waals surface area contributed by atoms with Gasteiger partial charge in [-0.25, -0.2) is 9.97 Å². The topological polar surface area (TPSA) is 64.3 Å². The summed E-state index contributed by atoms with van der Waals surface area (Å²) in [4.78, 5) is 10.0. The highest BCUT2D eigenvalue weighted by Crippen LogP contribution is 2.31. The predicted octanol–water partition coefficient (Wildman–Crippen LogP) is 2.60. The van der Waals surface area contributed by atoms with Crippen LogP contribution in [-0.4, -0.2) is 24.1 Å². The van der Waals surface area contributed by atoms with E-state index in [1.807, 2.05) is 36.2 Å². The second-order valence-electron chi connectivity index (χ2n) is 3.65. The second-order valence-corrected chi connectivity index (χ2v) is 4.45. The Morgan fingerprint density at radius 2 is 1.89 bits per heavy atom. The minimum atomic E-state index is 0.417. The van der Waals surface area contributed by atoms with Gasteiger partial charge in [-0.15, -0.1) is 0 Å². The van der Waals surface area contributed by atoms with Gasteiger partial charge in [-0.3, -0.25) is 0 Å². The van der Waals surface area contributed by atoms with E-state index in [4.69, 9.17) is 10.5 Å². The molecule has 0 unspecified atom stereocenters. The van der Waals surface area contributed by atoms with Crippen LogP contribution in [0.4, 0.5) is 17.3 Å². The lowest BCUT2D eigenvalue weighted by Gasteiger charge is -2.20. The molecule has 2 N–H and O–H groups in total. The number of hydrogen-bond acceptors (Lipinski definition) is 5. The summed E-state index contributed by atoms with van der Waals surface area (Å²) in [5.74, 6) is 1.95. The van der Waals surface area contributed by atoms with Crippen LogP contribution in [0.5, 0.6) is 5.75 Å². The molecule has 0 spiro atoms. The van der Waals surface area contributed by atoms with Gasteiger partial charge in [-0.2, -0.15) is 0 Å². The molecule has 0 saturated heterocycles. The third-order valence-corrected chi connectivity index (χ3v) is 3.34. The van der Waals surface area contributed by atoms with E-state index in [0.717, 1.165) is 11.4 Å². The first-order chi connectivity index (χ1) is 8.63. The summed E-state index contributed by atoms with van der Waals surface area (Å²) in [6.45, 7) is 0. The lowest BCUT2D eigenvalue weighted by atomic mass is 10.3. The summed E-state index contributed by atoms with van der Waals surface area (Å²) < 4.78 is 5.81. The molecule has 0 bridgehead atoms. The number of ether oxygens (including phenoxy) is 1. The zero-order valence-corrected chi connectivity index (χ0v) is 11.7. The highest BCUT2D eigenvalue weighted by molar-refractivity contribution is 9.10. The van der Waals surface area contributed by atoms with Gasteiger partial charge in [-0.05, 0) is 40.2 Å². The van der Waals surface area contributed by atoms with E-state index in [9.17, 15) is 0 Å². The van der Waals surface area contributed by atoms with E-state index in [1.54, 1.807) is 7.11 Å². The van der Waals surface area contributed by atoms with Gasteiger partial charge in [0.1, 0.15) is 22.4 Å². The molecule has 5 nitrogen and oxygen atoms in total. The highest BCUT2D eigenvalue weighted by Gasteiger charge is 2.12. The number of benzene rings is 1. The number of nitrogens with two attached hydrogens (primary N) is 1. The number of rotatable bonds is 3. The van der Waals surface area contributed by atoms with Gasteiger partial charge >= 0.3 is 0 Å². The molecule has 1 aromatic heterocycles. The fourth-order valence-electron chi connectivity index (χ4n) is 1.54. The van der Waals surface area contributed by atoms with Crippen LogP contribution in [0.3, 0.4) is 0 Å². The zero-order valence-electron chi connectivity index (χ0n) is 10.1. The first kappa shape index (κ1) is 12.6. The fraction of sp³-hybridized carbons (Fsp3) is 0.167. The smallest absolute Gasteiger partial charge is 0.152 e. The Hall–Kier alpha value is -1.82. The lowest BCUT2D eigenvalue weighted by molar-refractivity contribution is 0.415. The molecule has 0 aliphatic carbocycles. The van der Waals surface area contributed by atoms with Gasteiger partial charge in [0.2, 0.25) is 0 Å². The molecular formula is C12H13BrN4O. The third kappa shape index (κ3) is 2.38. The van der Waals surface area contributed by atoms with E-state index < -0.39 is 0 Å². The predicted molar refractivity (Wildman–Crippen MR) is 75.2 cm³/mol. The normalized spacial score (nSPS) is 10.2. The Kier molecular flexibility index (Phi) is 3.66. The maximum absolute atomic E-state index is 5.74. The van der Waals surface area contributed by atoms with Crippen molar-refractivity contribution < 1.29 is 4.74 Å². The molecule has 1 heterocycles. The van der Waals surface area contributed by atoms with Gasteiger partial charge < -0.3 is 15.4 Å². The molecule has 1 aromatic carbocycles. The number of nitrogen functional groups attached to an aromatic ring is 1. The van der Waals surface area contributed by atoms with Crippen molar-refractivity contribution in [2.24, 2.45) is 0 Å². The first-order valence-electron chi connectivity index (χ1n) is 5.27. The van der Waals surface area contributed by atoms with Crippen molar-refractivity contribution in [2.75, 3.05) is 24.8 Å². The molecule has 0 aliphatic rings. The molecule has 0 atom stereocenters. The summed E-state index contributed by atoms with van der Waals surface area (Å²) in [5, 5.41) is 0. The van der Waals surface area contributed by atoms with Crippen LogP contribution in [0.15, 0.2) is 35.1 Å². The quantitative estimate of drug-likeness (QED) is 0.944. The molecule has 0 saturated carbocycles. The Morgan fingerprint density at radius 3 is 2.50 bits per heavy atom. The molecule has 0 fully saturated rings. The summed E-state index contributed by atoms with van der Waals surface area (Å²) in [6.07, 6.45) is 1.44. The van der Waals surface area contributed by atoms with Crippen LogP contribution in [0.2, 0.25) is 0 Å². The number of hydrogen-bond donors (Lipinski definition) is 1. The SMILES string of the molecule is COc1ccc(N(C)c2ncnc(N)c2Br)cc1. The van der Waals surface area contributed by atoms with Gasteiger partial charge in [0.25, 0.3) is 0 Å². The number of halogens is 1. The number of anilines is 3. The van der Waals surface area contributed by atoms with Gasteiger partial charge in [0.05, 0.1) is 7.11 Å². The largest absolute Gasteiger partial charge is 0.497 e. The minimum Gasteiger partial charge on any atom is -0.497 e. The van der Waals surface area contributed by atoms with Crippen molar-refractivity contribution in [3.63, 3.8) is 0 Å². The van der Waals surface area contributed by atoms with Crippen molar-refractivity contribution in [2.45, 2.75) is 0 Å². The minimum absolute atomic E-state index is 0.417. The summed E-state index contributed by atoms with van der Waals surface area (Å²) in [5.41, 5.74) is 6.72. The molecule has 94 valence electrons. The van der Waals surface area contributed by atoms with Crippen molar-refractivity contribution >= 4 is 33.3 Å². The zero-order chi connectivity index (χ0) is 13.1. The van der Waals surface area contributed by atoms with E-state index in [1.165, 1.54) is 6.33 Å². The Labute approximate surface area is 114 Å². The van der Waals surface area contributed by atoms with E-state index in [0.29, 0.717) is 16.1 Å². The highest BCUT2D eigenvalue weighted by atomic mass is 79.9. The molecule has 2 aromatic rings. The average Bonchev–Trinajstić information content (AvgIpc) is 2.41. The van der Waals surface area contributed by atoms with Crippen LogP contribution in [-0.2, 0) is 0 Å². The summed E-state index contributed by atoms with van der Waals surface area (Å²) in [7, 11) is 3.55. The average molecular weight is 309 g/mol. The van der Waals surface area contributed by atoms with Crippen LogP contribution < -0.4 is 15.4 Å². The van der Waals surface area contributed by atoms with Crippen LogP contribution in [0.25, 0.3) is 0 Å². The molecule has 0 aliphatic heterocycles. The van der Waals surface area contributed by atoms with Gasteiger partial charge in [0.15, 0.2) is 5.82 Å². The van der Waals surface area contributed by atoms with Crippen LogP contribution in [0.1, 0.15) is 0 Å². The van der Waals surface area contributed by atoms with Crippen LogP contribution in [0, 0.1) is 0 Å². The standard InChI is InChI=1S/C12H13BrN4O/c1-17(8-3-5-9(18-2)6-4-8)12-10(13)11(14)15-7-16-12/h3-7H,1-2H3,(H2,14,15,16). The summed E-state index contributed by atoms with van der Waals surface area (Å²) in [6, 6.07) is 7.68. The third-order valence-electron chi connectivity index (χ3n) is 2.58. The Bertz CT molecular complexity index is 544. The second kappa shape index (κ2) is 5.22. The van der Waals surface area contributed by atoms with Gasteiger partial charge in [-0.1, -0.05) is 0 Å². The number of methoxy groups -OCH3 is 1. The molecule has 0 radical (unpaired) electrons. The molecular weight excluding hydrogens is 296 g/mol. The number of nitrogens with zero attached hydrogens (tertiary/aromatic N) is 3.